The first-order valence-corrected chi connectivity index (χ1v) is 12.8. The second kappa shape index (κ2) is 11.1. The highest BCUT2D eigenvalue weighted by atomic mass is 16.5. The number of nitrogen functional groups attached to an aromatic ring is 2. The topological polar surface area (TPSA) is 147 Å². The summed E-state index contributed by atoms with van der Waals surface area (Å²) in [5.41, 5.74) is 15.8. The summed E-state index contributed by atoms with van der Waals surface area (Å²) in [6, 6.07) is 7.39. The molecule has 0 saturated heterocycles. The molecule has 1 amide bonds. The van der Waals surface area contributed by atoms with Gasteiger partial charge >= 0.3 is 0 Å². The molecule has 1 saturated carbocycles. The van der Waals surface area contributed by atoms with Gasteiger partial charge in [-0.05, 0) is 60.2 Å². The Morgan fingerprint density at radius 1 is 1.00 bits per heavy atom. The molecule has 2 heterocycles. The fourth-order valence-electron chi connectivity index (χ4n) is 4.97. The first-order chi connectivity index (χ1) is 19.4. The number of fused-ring (bicyclic) bond motifs is 1. The van der Waals surface area contributed by atoms with E-state index < -0.39 is 0 Å². The summed E-state index contributed by atoms with van der Waals surface area (Å²) in [5, 5.41) is 6.08. The van der Waals surface area contributed by atoms with Crippen LogP contribution in [0.15, 0.2) is 41.6 Å². The molecule has 5 rings (SSSR count). The molecule has 0 spiro atoms. The number of aromatic nitrogens is 2. The lowest BCUT2D eigenvalue weighted by atomic mass is 9.94. The van der Waals surface area contributed by atoms with Crippen LogP contribution in [0.4, 0.5) is 11.8 Å². The van der Waals surface area contributed by atoms with Crippen LogP contribution in [0.2, 0.25) is 0 Å². The molecule has 3 aromatic rings. The Morgan fingerprint density at radius 2 is 1.73 bits per heavy atom. The van der Waals surface area contributed by atoms with Crippen LogP contribution >= 0.6 is 0 Å². The van der Waals surface area contributed by atoms with Crippen molar-refractivity contribution >= 4 is 30.0 Å². The lowest BCUT2D eigenvalue weighted by Gasteiger charge is -2.32. The molecule has 2 aliphatic rings. The van der Waals surface area contributed by atoms with Crippen molar-refractivity contribution in [3.05, 3.63) is 64.4 Å². The van der Waals surface area contributed by atoms with Crippen LogP contribution in [-0.2, 0) is 11.2 Å². The van der Waals surface area contributed by atoms with Crippen molar-refractivity contribution in [2.24, 2.45) is 11.0 Å². The predicted molar refractivity (Wildman–Crippen MR) is 152 cm³/mol. The molecular formula is C29H32N6O5. The number of benzene rings is 2. The molecule has 1 aliphatic heterocycles. The highest BCUT2D eigenvalue weighted by Gasteiger charge is 2.41. The fourth-order valence-corrected chi connectivity index (χ4v) is 4.97. The highest BCUT2D eigenvalue weighted by molar-refractivity contribution is 5.95. The van der Waals surface area contributed by atoms with Crippen LogP contribution in [-0.4, -0.2) is 55.5 Å². The van der Waals surface area contributed by atoms with Crippen molar-refractivity contribution in [3.8, 4) is 23.0 Å². The van der Waals surface area contributed by atoms with Gasteiger partial charge in [0.05, 0.1) is 40.7 Å². The number of nitrogens with two attached hydrogens (primary N) is 2. The number of methoxy groups -OCH3 is 4. The maximum atomic E-state index is 13.6. The van der Waals surface area contributed by atoms with E-state index in [0.717, 1.165) is 29.5 Å². The van der Waals surface area contributed by atoms with E-state index in [1.807, 2.05) is 24.3 Å². The Hall–Kier alpha value is -4.80. The maximum absolute atomic E-state index is 13.6. The lowest BCUT2D eigenvalue weighted by Crippen LogP contribution is -2.33. The average molecular weight is 545 g/mol. The zero-order valence-corrected chi connectivity index (χ0v) is 22.9. The Balaban J connectivity index is 1.46. The number of hydrazone groups is 1. The van der Waals surface area contributed by atoms with Crippen LogP contribution in [0, 0.1) is 5.92 Å². The Labute approximate surface area is 232 Å². The minimum absolute atomic E-state index is 0.112. The fraction of sp³-hybridized carbons (Fsp3) is 0.310. The minimum Gasteiger partial charge on any atom is -0.493 e. The molecule has 1 fully saturated rings. The number of nitrogens with zero attached hydrogens (tertiary/aromatic N) is 4. The van der Waals surface area contributed by atoms with Crippen molar-refractivity contribution in [3.63, 3.8) is 0 Å². The SMILES string of the molecule is COc1cc2c(cc1OC)[C@H](C1CC1)N(C(=O)/C=C/c1cc(Cc3cnc(N)nc3N)cc(OC)c1OC)N=C2. The second-order valence-electron chi connectivity index (χ2n) is 9.62. The van der Waals surface area contributed by atoms with Crippen LogP contribution in [0.1, 0.15) is 46.7 Å². The summed E-state index contributed by atoms with van der Waals surface area (Å²) in [6.07, 6.45) is 8.97. The normalized spacial score (nSPS) is 16.1. The van der Waals surface area contributed by atoms with E-state index in [0.29, 0.717) is 52.3 Å². The molecule has 0 unspecified atom stereocenters. The molecule has 0 bridgehead atoms. The molecule has 11 nitrogen and oxygen atoms in total. The zero-order valence-electron chi connectivity index (χ0n) is 22.9. The van der Waals surface area contributed by atoms with Gasteiger partial charge in [0, 0.05) is 35.4 Å². The molecule has 208 valence electrons. The molecule has 11 heteroatoms. The predicted octanol–water partition coefficient (Wildman–Crippen LogP) is 3.61. The Bertz CT molecular complexity index is 1500. The minimum atomic E-state index is -0.254. The van der Waals surface area contributed by atoms with Crippen molar-refractivity contribution in [2.45, 2.75) is 25.3 Å². The first kappa shape index (κ1) is 26.8. The number of anilines is 2. The van der Waals surface area contributed by atoms with Crippen molar-refractivity contribution in [1.29, 1.82) is 0 Å². The van der Waals surface area contributed by atoms with Crippen molar-refractivity contribution in [1.82, 2.24) is 15.0 Å². The van der Waals surface area contributed by atoms with Crippen LogP contribution in [0.3, 0.4) is 0 Å². The summed E-state index contributed by atoms with van der Waals surface area (Å²) in [7, 11) is 6.31. The molecule has 0 radical (unpaired) electrons. The number of hydrogen-bond acceptors (Lipinski definition) is 10. The average Bonchev–Trinajstić information content (AvgIpc) is 3.81. The van der Waals surface area contributed by atoms with E-state index in [9.17, 15) is 4.79 Å². The number of ether oxygens (including phenoxy) is 4. The van der Waals surface area contributed by atoms with Gasteiger partial charge in [-0.3, -0.25) is 4.79 Å². The van der Waals surface area contributed by atoms with Gasteiger partial charge in [0.2, 0.25) is 5.95 Å². The van der Waals surface area contributed by atoms with Gasteiger partial charge in [0.25, 0.3) is 5.91 Å². The van der Waals surface area contributed by atoms with E-state index in [1.165, 1.54) is 6.08 Å². The number of hydrogen-bond donors (Lipinski definition) is 2. The van der Waals surface area contributed by atoms with Gasteiger partial charge in [-0.1, -0.05) is 0 Å². The molecule has 2 aromatic carbocycles. The van der Waals surface area contributed by atoms with E-state index in [4.69, 9.17) is 30.4 Å². The summed E-state index contributed by atoms with van der Waals surface area (Å²) < 4.78 is 22.2. The number of amides is 1. The number of carbonyl (C=O) groups excluding carboxylic acids is 1. The summed E-state index contributed by atoms with van der Waals surface area (Å²) >= 11 is 0. The molecule has 4 N–H and O–H groups in total. The van der Waals surface area contributed by atoms with E-state index in [1.54, 1.807) is 51.9 Å². The van der Waals surface area contributed by atoms with Crippen LogP contribution in [0.25, 0.3) is 6.08 Å². The quantitative estimate of drug-likeness (QED) is 0.386. The van der Waals surface area contributed by atoms with Crippen molar-refractivity contribution in [2.75, 3.05) is 39.9 Å². The van der Waals surface area contributed by atoms with Gasteiger partial charge in [-0.2, -0.15) is 10.1 Å². The van der Waals surface area contributed by atoms with Gasteiger partial charge in [0.15, 0.2) is 23.0 Å². The smallest absolute Gasteiger partial charge is 0.267 e. The lowest BCUT2D eigenvalue weighted by molar-refractivity contribution is -0.129. The molecular weight excluding hydrogens is 512 g/mol. The Morgan fingerprint density at radius 3 is 2.38 bits per heavy atom. The van der Waals surface area contributed by atoms with E-state index in [-0.39, 0.29) is 17.9 Å². The monoisotopic (exact) mass is 544 g/mol. The van der Waals surface area contributed by atoms with Gasteiger partial charge in [-0.25, -0.2) is 9.99 Å². The molecule has 1 aliphatic carbocycles. The third-order valence-corrected chi connectivity index (χ3v) is 7.07. The van der Waals surface area contributed by atoms with Gasteiger partial charge in [-0.15, -0.1) is 0 Å². The molecule has 40 heavy (non-hydrogen) atoms. The maximum Gasteiger partial charge on any atom is 0.267 e. The number of rotatable bonds is 9. The second-order valence-corrected chi connectivity index (χ2v) is 9.62. The van der Waals surface area contributed by atoms with Gasteiger partial charge < -0.3 is 30.4 Å². The van der Waals surface area contributed by atoms with Crippen LogP contribution in [0.5, 0.6) is 23.0 Å². The first-order valence-electron chi connectivity index (χ1n) is 12.8. The standard InChI is InChI=1S/C29H32N6O5/c1-37-22-12-19-15-33-35(26(17-5-6-17)21(19)13-23(22)38-2)25(36)8-7-18-9-16(11-24(39-3)27(18)40-4)10-20-14-32-29(31)34-28(20)30/h7-9,11-15,17,26H,5-6,10H2,1-4H3,(H4,30,31,32,34)/b8-7+/t26-/m0/s1. The van der Waals surface area contributed by atoms with E-state index in [2.05, 4.69) is 15.1 Å². The molecule has 1 aromatic heterocycles. The largest absolute Gasteiger partial charge is 0.493 e. The highest BCUT2D eigenvalue weighted by Crippen LogP contribution is 2.48. The Kier molecular flexibility index (Phi) is 7.45. The summed E-state index contributed by atoms with van der Waals surface area (Å²) in [4.78, 5) is 21.6. The zero-order chi connectivity index (χ0) is 28.4. The molecule has 1 atom stereocenters. The van der Waals surface area contributed by atoms with Gasteiger partial charge in [0.1, 0.15) is 5.82 Å². The summed E-state index contributed by atoms with van der Waals surface area (Å²) in [5.74, 6) is 2.73. The van der Waals surface area contributed by atoms with Crippen molar-refractivity contribution < 1.29 is 23.7 Å². The van der Waals surface area contributed by atoms with E-state index >= 15 is 0 Å². The number of carbonyl (C=O) groups is 1. The van der Waals surface area contributed by atoms with Crippen LogP contribution < -0.4 is 30.4 Å². The third kappa shape index (κ3) is 5.22. The third-order valence-electron chi connectivity index (χ3n) is 7.07. The summed E-state index contributed by atoms with van der Waals surface area (Å²) in [6.45, 7) is 0.